The van der Waals surface area contributed by atoms with Gasteiger partial charge in [-0.05, 0) is 48.9 Å². The van der Waals surface area contributed by atoms with E-state index in [-0.39, 0.29) is 6.04 Å². The fourth-order valence-electron chi connectivity index (χ4n) is 1.85. The summed E-state index contributed by atoms with van der Waals surface area (Å²) >= 11 is 5.03. The summed E-state index contributed by atoms with van der Waals surface area (Å²) in [6.07, 6.45) is 1.21. The van der Waals surface area contributed by atoms with Crippen LogP contribution < -0.4 is 5.73 Å². The molecule has 1 atom stereocenters. The maximum absolute atomic E-state index is 11.5. The molecule has 0 aliphatic rings. The van der Waals surface area contributed by atoms with E-state index in [0.29, 0.717) is 4.90 Å². The molecule has 0 aliphatic carbocycles. The van der Waals surface area contributed by atoms with E-state index in [0.717, 1.165) is 19.8 Å². The van der Waals surface area contributed by atoms with E-state index >= 15 is 0 Å². The van der Waals surface area contributed by atoms with Crippen LogP contribution in [0.1, 0.15) is 18.5 Å². The number of benzene rings is 2. The zero-order valence-corrected chi connectivity index (χ0v) is 14.9. The molecular formula is C15H16BrNO2S2. The van der Waals surface area contributed by atoms with Gasteiger partial charge in [-0.3, -0.25) is 0 Å². The predicted octanol–water partition coefficient (Wildman–Crippen LogP) is 4.02. The molecule has 2 aromatic rings. The average molecular weight is 386 g/mol. The lowest BCUT2D eigenvalue weighted by Gasteiger charge is -2.13. The van der Waals surface area contributed by atoms with E-state index in [9.17, 15) is 8.42 Å². The van der Waals surface area contributed by atoms with Crippen LogP contribution in [0.4, 0.5) is 0 Å². The van der Waals surface area contributed by atoms with Gasteiger partial charge in [0.25, 0.3) is 0 Å². The third-order valence-electron chi connectivity index (χ3n) is 2.95. The highest BCUT2D eigenvalue weighted by Gasteiger charge is 2.10. The molecule has 0 heterocycles. The van der Waals surface area contributed by atoms with E-state index in [1.807, 2.05) is 37.3 Å². The van der Waals surface area contributed by atoms with Gasteiger partial charge in [-0.1, -0.05) is 33.8 Å². The molecule has 3 nitrogen and oxygen atoms in total. The number of hydrogen-bond donors (Lipinski definition) is 1. The Balaban J connectivity index is 2.32. The summed E-state index contributed by atoms with van der Waals surface area (Å²) in [5.41, 5.74) is 7.06. The maximum atomic E-state index is 11.5. The van der Waals surface area contributed by atoms with Gasteiger partial charge >= 0.3 is 0 Å². The fraction of sp³-hybridized carbons (Fsp3) is 0.200. The Morgan fingerprint density at radius 3 is 2.29 bits per heavy atom. The zero-order chi connectivity index (χ0) is 15.6. The Kier molecular flexibility index (Phi) is 5.14. The minimum atomic E-state index is -3.16. The first-order valence-electron chi connectivity index (χ1n) is 6.30. The molecule has 0 aromatic heterocycles. The van der Waals surface area contributed by atoms with Gasteiger partial charge in [0.05, 0.1) is 4.90 Å². The van der Waals surface area contributed by atoms with Gasteiger partial charge in [0, 0.05) is 26.6 Å². The highest BCUT2D eigenvalue weighted by Crippen LogP contribution is 2.35. The number of rotatable bonds is 4. The van der Waals surface area contributed by atoms with Crippen LogP contribution in [0.5, 0.6) is 0 Å². The lowest BCUT2D eigenvalue weighted by atomic mass is 10.1. The lowest BCUT2D eigenvalue weighted by Crippen LogP contribution is -2.06. The second-order valence-corrected chi connectivity index (χ2v) is 8.86. The van der Waals surface area contributed by atoms with Gasteiger partial charge in [-0.2, -0.15) is 0 Å². The van der Waals surface area contributed by atoms with Crippen molar-refractivity contribution in [3.05, 3.63) is 52.5 Å². The number of sulfone groups is 1. The van der Waals surface area contributed by atoms with Crippen LogP contribution in [-0.2, 0) is 9.84 Å². The summed E-state index contributed by atoms with van der Waals surface area (Å²) in [5.74, 6) is 0. The summed E-state index contributed by atoms with van der Waals surface area (Å²) in [6.45, 7) is 1.94. The van der Waals surface area contributed by atoms with Crippen LogP contribution in [0.3, 0.4) is 0 Å². The lowest BCUT2D eigenvalue weighted by molar-refractivity contribution is 0.602. The smallest absolute Gasteiger partial charge is 0.175 e. The number of hydrogen-bond acceptors (Lipinski definition) is 4. The minimum Gasteiger partial charge on any atom is -0.324 e. The molecule has 0 radical (unpaired) electrons. The standard InChI is InChI=1S/C15H16BrNO2S2/c1-10(17)14-8-3-11(16)9-15(14)20-12-4-6-13(7-5-12)21(2,18)19/h3-10H,17H2,1-2H3. The Hall–Kier alpha value is -0.820. The first-order chi connectivity index (χ1) is 9.77. The quantitative estimate of drug-likeness (QED) is 0.862. The third-order valence-corrected chi connectivity index (χ3v) is 5.65. The molecule has 0 saturated heterocycles. The Morgan fingerprint density at radius 2 is 1.76 bits per heavy atom. The van der Waals surface area contributed by atoms with Crippen LogP contribution in [0, 0.1) is 0 Å². The SMILES string of the molecule is CC(N)c1ccc(Br)cc1Sc1ccc(S(C)(=O)=O)cc1. The summed E-state index contributed by atoms with van der Waals surface area (Å²) in [7, 11) is -3.16. The predicted molar refractivity (Wildman–Crippen MR) is 90.4 cm³/mol. The average Bonchev–Trinajstić information content (AvgIpc) is 2.38. The molecule has 0 amide bonds. The molecular weight excluding hydrogens is 370 g/mol. The summed E-state index contributed by atoms with van der Waals surface area (Å²) < 4.78 is 23.9. The second-order valence-electron chi connectivity index (χ2n) is 4.82. The van der Waals surface area contributed by atoms with Crippen molar-refractivity contribution in [2.75, 3.05) is 6.26 Å². The molecule has 2 rings (SSSR count). The summed E-state index contributed by atoms with van der Waals surface area (Å²) in [4.78, 5) is 2.36. The molecule has 112 valence electrons. The van der Waals surface area contributed by atoms with Gasteiger partial charge in [-0.25, -0.2) is 8.42 Å². The number of halogens is 1. The normalized spacial score (nSPS) is 13.1. The highest BCUT2D eigenvalue weighted by molar-refractivity contribution is 9.10. The van der Waals surface area contributed by atoms with E-state index < -0.39 is 9.84 Å². The minimum absolute atomic E-state index is 0.0594. The van der Waals surface area contributed by atoms with Crippen LogP contribution >= 0.6 is 27.7 Å². The Bertz CT molecular complexity index is 741. The first-order valence-corrected chi connectivity index (χ1v) is 9.80. The molecule has 0 spiro atoms. The van der Waals surface area contributed by atoms with E-state index in [4.69, 9.17) is 5.73 Å². The van der Waals surface area contributed by atoms with Crippen molar-refractivity contribution in [1.82, 2.24) is 0 Å². The summed E-state index contributed by atoms with van der Waals surface area (Å²) in [6, 6.07) is 12.8. The van der Waals surface area contributed by atoms with Crippen molar-refractivity contribution in [3.8, 4) is 0 Å². The number of nitrogens with two attached hydrogens (primary N) is 1. The van der Waals surface area contributed by atoms with E-state index in [1.54, 1.807) is 23.9 Å². The first kappa shape index (κ1) is 16.5. The van der Waals surface area contributed by atoms with Crippen LogP contribution in [-0.4, -0.2) is 14.7 Å². The van der Waals surface area contributed by atoms with Crippen molar-refractivity contribution < 1.29 is 8.42 Å². The molecule has 21 heavy (non-hydrogen) atoms. The molecule has 0 bridgehead atoms. The zero-order valence-electron chi connectivity index (χ0n) is 11.7. The topological polar surface area (TPSA) is 60.2 Å². The summed E-state index contributed by atoms with van der Waals surface area (Å²) in [5, 5.41) is 0. The van der Waals surface area contributed by atoms with Gasteiger partial charge in [0.2, 0.25) is 0 Å². The van der Waals surface area contributed by atoms with Gasteiger partial charge in [0.15, 0.2) is 9.84 Å². The molecule has 0 aliphatic heterocycles. The van der Waals surface area contributed by atoms with Crippen LogP contribution in [0.15, 0.2) is 61.6 Å². The van der Waals surface area contributed by atoms with Crippen LogP contribution in [0.2, 0.25) is 0 Å². The Morgan fingerprint density at radius 1 is 1.14 bits per heavy atom. The molecule has 6 heteroatoms. The van der Waals surface area contributed by atoms with Crippen molar-refractivity contribution in [3.63, 3.8) is 0 Å². The fourth-order valence-corrected chi connectivity index (χ4v) is 4.08. The maximum Gasteiger partial charge on any atom is 0.175 e. The second kappa shape index (κ2) is 6.52. The monoisotopic (exact) mass is 385 g/mol. The van der Waals surface area contributed by atoms with Gasteiger partial charge in [0.1, 0.15) is 0 Å². The molecule has 0 fully saturated rings. The Labute approximate surface area is 138 Å². The molecule has 2 N–H and O–H groups in total. The highest BCUT2D eigenvalue weighted by atomic mass is 79.9. The molecule has 0 saturated carbocycles. The van der Waals surface area contributed by atoms with Gasteiger partial charge in [-0.15, -0.1) is 0 Å². The van der Waals surface area contributed by atoms with Crippen molar-refractivity contribution in [2.45, 2.75) is 27.7 Å². The van der Waals surface area contributed by atoms with Gasteiger partial charge < -0.3 is 5.73 Å². The van der Waals surface area contributed by atoms with Crippen molar-refractivity contribution in [1.29, 1.82) is 0 Å². The largest absolute Gasteiger partial charge is 0.324 e. The van der Waals surface area contributed by atoms with E-state index in [2.05, 4.69) is 15.9 Å². The van der Waals surface area contributed by atoms with Crippen molar-refractivity contribution in [2.24, 2.45) is 5.73 Å². The van der Waals surface area contributed by atoms with Crippen LogP contribution in [0.25, 0.3) is 0 Å². The van der Waals surface area contributed by atoms with E-state index in [1.165, 1.54) is 6.26 Å². The molecule has 2 aromatic carbocycles. The molecule has 1 unspecified atom stereocenters. The van der Waals surface area contributed by atoms with Crippen molar-refractivity contribution >= 4 is 37.5 Å². The third kappa shape index (κ3) is 4.32.